The molecule has 2 aromatic carbocycles. The Balaban J connectivity index is 1.62. The Kier molecular flexibility index (Phi) is 5.98. The van der Waals surface area contributed by atoms with Gasteiger partial charge in [0.1, 0.15) is 0 Å². The predicted octanol–water partition coefficient (Wildman–Crippen LogP) is 5.55. The summed E-state index contributed by atoms with van der Waals surface area (Å²) in [5, 5.41) is 21.7. The number of nitrogens with one attached hydrogen (secondary N) is 2. The maximum atomic E-state index is 13.2. The molecular formula is C26H27Cl2N3O2. The molecule has 2 fully saturated rings. The van der Waals surface area contributed by atoms with Crippen molar-refractivity contribution in [3.8, 4) is 11.3 Å². The fraction of sp³-hybridized carbons (Fsp3) is 0.385. The molecule has 0 radical (unpaired) electrons. The summed E-state index contributed by atoms with van der Waals surface area (Å²) in [6.07, 6.45) is 4.07. The number of aliphatic hydroxyl groups excluding tert-OH is 1. The molecule has 1 aromatic heterocycles. The highest BCUT2D eigenvalue weighted by molar-refractivity contribution is 6.31. The summed E-state index contributed by atoms with van der Waals surface area (Å²) in [5.74, 6) is 0.152. The first-order valence-electron chi connectivity index (χ1n) is 11.4. The van der Waals surface area contributed by atoms with Crippen molar-refractivity contribution in [2.75, 3.05) is 6.61 Å². The van der Waals surface area contributed by atoms with E-state index < -0.39 is 5.41 Å². The standard InChI is InChI=1S/C26H27Cl2N3O2/c1-2-26-11-9-19(18-8-5-16(13-20(18)28)21-10-12-29-31-21)23(15-3-6-17(27)7-4-15)24(26)22(14-32)30-25(26)33/h3-8,10,12-13,19,22-24,32H,2,9,11,14H2,1H3,(H,29,31)(H,30,33)/t19-,22+,23-,24-,26?/m0/s1. The quantitative estimate of drug-likeness (QED) is 0.445. The zero-order chi connectivity index (χ0) is 23.2. The van der Waals surface area contributed by atoms with Crippen LogP contribution in [-0.2, 0) is 4.79 Å². The van der Waals surface area contributed by atoms with E-state index >= 15 is 0 Å². The molecule has 1 saturated carbocycles. The normalized spacial score (nSPS) is 29.0. The molecule has 0 spiro atoms. The molecule has 172 valence electrons. The number of carbonyl (C=O) groups is 1. The number of halogens is 2. The first kappa shape index (κ1) is 22.5. The van der Waals surface area contributed by atoms with E-state index in [4.69, 9.17) is 23.2 Å². The fourth-order valence-electron chi connectivity index (χ4n) is 6.27. The second-order valence-electron chi connectivity index (χ2n) is 9.23. The summed E-state index contributed by atoms with van der Waals surface area (Å²) < 4.78 is 0. The lowest BCUT2D eigenvalue weighted by Crippen LogP contribution is -2.45. The van der Waals surface area contributed by atoms with Gasteiger partial charge < -0.3 is 10.4 Å². The van der Waals surface area contributed by atoms with Gasteiger partial charge in [0, 0.05) is 27.7 Å². The second kappa shape index (κ2) is 8.79. The molecule has 1 aliphatic carbocycles. The van der Waals surface area contributed by atoms with Crippen molar-refractivity contribution in [1.29, 1.82) is 0 Å². The van der Waals surface area contributed by atoms with Crippen molar-refractivity contribution in [2.24, 2.45) is 11.3 Å². The van der Waals surface area contributed by atoms with E-state index in [-0.39, 0.29) is 36.3 Å². The third kappa shape index (κ3) is 3.67. The highest BCUT2D eigenvalue weighted by Crippen LogP contribution is 2.60. The Morgan fingerprint density at radius 3 is 2.58 bits per heavy atom. The molecule has 7 heteroatoms. The van der Waals surface area contributed by atoms with Crippen LogP contribution in [0.2, 0.25) is 10.0 Å². The Hall–Kier alpha value is -2.34. The summed E-state index contributed by atoms with van der Waals surface area (Å²) in [6, 6.07) is 15.7. The van der Waals surface area contributed by atoms with Gasteiger partial charge in [-0.3, -0.25) is 9.89 Å². The number of hydrogen-bond donors (Lipinski definition) is 3. The zero-order valence-corrected chi connectivity index (χ0v) is 19.9. The molecule has 2 heterocycles. The van der Waals surface area contributed by atoms with Crippen molar-refractivity contribution in [2.45, 2.75) is 44.1 Å². The van der Waals surface area contributed by atoms with Gasteiger partial charge in [0.2, 0.25) is 5.91 Å². The number of hydrogen-bond acceptors (Lipinski definition) is 3. The number of fused-ring (bicyclic) bond motifs is 1. The van der Waals surface area contributed by atoms with Crippen molar-refractivity contribution >= 4 is 29.1 Å². The van der Waals surface area contributed by atoms with Crippen LogP contribution < -0.4 is 5.32 Å². The largest absolute Gasteiger partial charge is 0.394 e. The molecule has 5 nitrogen and oxygen atoms in total. The molecule has 1 aliphatic heterocycles. The third-order valence-corrected chi connectivity index (χ3v) is 8.44. The van der Waals surface area contributed by atoms with Gasteiger partial charge in [0.05, 0.1) is 23.8 Å². The van der Waals surface area contributed by atoms with E-state index in [2.05, 4.69) is 46.7 Å². The first-order chi connectivity index (χ1) is 16.0. The average Bonchev–Trinajstić information content (AvgIpc) is 3.46. The van der Waals surface area contributed by atoms with Crippen LogP contribution in [0.5, 0.6) is 0 Å². The van der Waals surface area contributed by atoms with Crippen LogP contribution in [0.4, 0.5) is 0 Å². The van der Waals surface area contributed by atoms with E-state index in [1.54, 1.807) is 6.20 Å². The van der Waals surface area contributed by atoms with E-state index in [0.717, 1.165) is 41.6 Å². The highest BCUT2D eigenvalue weighted by Gasteiger charge is 2.60. The Bertz CT molecular complexity index is 1150. The second-order valence-corrected chi connectivity index (χ2v) is 10.1. The van der Waals surface area contributed by atoms with Crippen molar-refractivity contribution in [1.82, 2.24) is 15.5 Å². The number of nitrogens with zero attached hydrogens (tertiary/aromatic N) is 1. The minimum Gasteiger partial charge on any atom is -0.394 e. The molecule has 5 rings (SSSR count). The highest BCUT2D eigenvalue weighted by atomic mass is 35.5. The Labute approximate surface area is 203 Å². The van der Waals surface area contributed by atoms with Crippen LogP contribution in [-0.4, -0.2) is 33.9 Å². The zero-order valence-electron chi connectivity index (χ0n) is 18.4. The van der Waals surface area contributed by atoms with Crippen LogP contribution in [0.25, 0.3) is 11.3 Å². The van der Waals surface area contributed by atoms with Gasteiger partial charge in [-0.25, -0.2) is 0 Å². The molecule has 33 heavy (non-hydrogen) atoms. The van der Waals surface area contributed by atoms with Crippen LogP contribution in [0.1, 0.15) is 49.1 Å². The van der Waals surface area contributed by atoms with Gasteiger partial charge in [-0.1, -0.05) is 54.4 Å². The number of H-pyrrole nitrogens is 1. The lowest BCUT2D eigenvalue weighted by atomic mass is 9.54. The van der Waals surface area contributed by atoms with Crippen LogP contribution in [0.3, 0.4) is 0 Å². The maximum absolute atomic E-state index is 13.2. The molecule has 1 unspecified atom stereocenters. The molecule has 5 atom stereocenters. The molecule has 3 N–H and O–H groups in total. The number of benzene rings is 2. The van der Waals surface area contributed by atoms with Gasteiger partial charge in [-0.2, -0.15) is 5.10 Å². The number of carbonyl (C=O) groups excluding carboxylic acids is 1. The van der Waals surface area contributed by atoms with E-state index in [1.807, 2.05) is 24.3 Å². The predicted molar refractivity (Wildman–Crippen MR) is 130 cm³/mol. The topological polar surface area (TPSA) is 78.0 Å². The Morgan fingerprint density at radius 1 is 1.15 bits per heavy atom. The minimum absolute atomic E-state index is 0.0163. The molecule has 1 saturated heterocycles. The molecule has 1 amide bonds. The summed E-state index contributed by atoms with van der Waals surface area (Å²) in [6.45, 7) is 2.00. The fourth-order valence-corrected chi connectivity index (χ4v) is 6.72. The van der Waals surface area contributed by atoms with Gasteiger partial charge in [-0.05, 0) is 66.5 Å². The average molecular weight is 484 g/mol. The summed E-state index contributed by atoms with van der Waals surface area (Å²) in [4.78, 5) is 13.2. The SMILES string of the molecule is CCC12CC[C@@H](c3ccc(-c4ccn[nH]4)cc3Cl)[C@H](c3ccc(Cl)cc3)[C@@H]1[C@@H](CO)NC2=O. The smallest absolute Gasteiger partial charge is 0.226 e. The molecule has 2 aliphatic rings. The third-order valence-electron chi connectivity index (χ3n) is 7.86. The lowest BCUT2D eigenvalue weighted by Gasteiger charge is -2.48. The first-order valence-corrected chi connectivity index (χ1v) is 12.2. The number of aromatic nitrogens is 2. The number of aliphatic hydroxyl groups is 1. The molecule has 0 bridgehead atoms. The van der Waals surface area contributed by atoms with Gasteiger partial charge in [0.25, 0.3) is 0 Å². The maximum Gasteiger partial charge on any atom is 0.226 e. The minimum atomic E-state index is -0.490. The number of amides is 1. The van der Waals surface area contributed by atoms with Crippen molar-refractivity contribution in [3.63, 3.8) is 0 Å². The Morgan fingerprint density at radius 2 is 1.94 bits per heavy atom. The van der Waals surface area contributed by atoms with Gasteiger partial charge in [0.15, 0.2) is 0 Å². The van der Waals surface area contributed by atoms with Gasteiger partial charge in [-0.15, -0.1) is 0 Å². The van der Waals surface area contributed by atoms with E-state index in [0.29, 0.717) is 10.0 Å². The lowest BCUT2D eigenvalue weighted by molar-refractivity contribution is -0.131. The van der Waals surface area contributed by atoms with E-state index in [1.165, 1.54) is 0 Å². The monoisotopic (exact) mass is 483 g/mol. The van der Waals surface area contributed by atoms with Crippen LogP contribution >= 0.6 is 23.2 Å². The van der Waals surface area contributed by atoms with Crippen molar-refractivity contribution < 1.29 is 9.90 Å². The molecule has 3 aromatic rings. The van der Waals surface area contributed by atoms with Crippen molar-refractivity contribution in [3.05, 3.63) is 75.9 Å². The summed E-state index contributed by atoms with van der Waals surface area (Å²) in [7, 11) is 0. The number of rotatable bonds is 5. The van der Waals surface area contributed by atoms with E-state index in [9.17, 15) is 9.90 Å². The summed E-state index contributed by atoms with van der Waals surface area (Å²) in [5.41, 5.74) is 3.60. The van der Waals surface area contributed by atoms with Gasteiger partial charge >= 0.3 is 0 Å². The van der Waals surface area contributed by atoms with Crippen LogP contribution in [0.15, 0.2) is 54.7 Å². The molecular weight excluding hydrogens is 457 g/mol. The number of aromatic amines is 1. The van der Waals surface area contributed by atoms with Crippen LogP contribution in [0, 0.1) is 11.3 Å². The summed E-state index contributed by atoms with van der Waals surface area (Å²) >= 11 is 13.1.